The third-order valence-electron chi connectivity index (χ3n) is 5.84. The predicted molar refractivity (Wildman–Crippen MR) is 167 cm³/mol. The monoisotopic (exact) mass is 530 g/mol. The van der Waals surface area contributed by atoms with Crippen LogP contribution in [-0.2, 0) is 9.59 Å². The number of nitrogens with one attached hydrogen (secondary N) is 2. The van der Waals surface area contributed by atoms with E-state index in [0.717, 1.165) is 12.3 Å². The number of para-hydroxylation sites is 2. The van der Waals surface area contributed by atoms with E-state index in [-0.39, 0.29) is 65.1 Å². The van der Waals surface area contributed by atoms with Gasteiger partial charge < -0.3 is 10.6 Å². The summed E-state index contributed by atoms with van der Waals surface area (Å²) in [6, 6.07) is 7.50. The molecule has 8 heteroatoms. The molecule has 1 rings (SSSR count). The Bertz CT molecular complexity index is 739. The molecular formula is C28H50B2N2O2P2. The van der Waals surface area contributed by atoms with Crippen LogP contribution in [0.25, 0.3) is 0 Å². The van der Waals surface area contributed by atoms with E-state index >= 15 is 0 Å². The summed E-state index contributed by atoms with van der Waals surface area (Å²) in [6.45, 7) is 27.3. The number of hydrogen-bond acceptors (Lipinski definition) is 2. The van der Waals surface area contributed by atoms with Gasteiger partial charge >= 0.3 is 0 Å². The van der Waals surface area contributed by atoms with Crippen LogP contribution in [-0.4, -0.2) is 61.6 Å². The molecule has 36 heavy (non-hydrogen) atoms. The first-order valence-electron chi connectivity index (χ1n) is 12.5. The van der Waals surface area contributed by atoms with Gasteiger partial charge in [0.25, 0.3) is 0 Å². The second-order valence-corrected chi connectivity index (χ2v) is 21.1. The molecule has 0 unspecified atom stereocenters. The molecule has 0 fully saturated rings. The molecule has 200 valence electrons. The van der Waals surface area contributed by atoms with Crippen LogP contribution in [0.5, 0.6) is 0 Å². The summed E-state index contributed by atoms with van der Waals surface area (Å²) in [6.07, 6.45) is 2.77. The van der Waals surface area contributed by atoms with E-state index in [1.807, 2.05) is 24.3 Å². The lowest BCUT2D eigenvalue weighted by Crippen LogP contribution is -2.28. The second-order valence-electron chi connectivity index (χ2n) is 13.1. The molecule has 0 aliphatic rings. The standard InChI is InChI=1S/C28H50N2O2P2.2B/c1-25(2,3)33(26(4,5)6)19-17-23(31)29-21-15-13-14-16-22(21)30-24(32)18-20-34(27(7,8)9)28(10,11)12;;/h13-16H,17-20H2,1-12H3,(H,29,31)(H,30,32);;. The van der Waals surface area contributed by atoms with Gasteiger partial charge in [-0.25, -0.2) is 0 Å². The number of anilines is 2. The van der Waals surface area contributed by atoms with Crippen molar-refractivity contribution >= 4 is 55.9 Å². The molecule has 0 aliphatic heterocycles. The maximum absolute atomic E-state index is 12.8. The molecule has 0 aliphatic carbocycles. The summed E-state index contributed by atoms with van der Waals surface area (Å²) in [4.78, 5) is 25.7. The highest BCUT2D eigenvalue weighted by atomic mass is 31.1. The minimum atomic E-state index is -0.331. The molecule has 2 N–H and O–H groups in total. The maximum atomic E-state index is 12.8. The Morgan fingerprint density at radius 2 is 0.833 bits per heavy atom. The lowest BCUT2D eigenvalue weighted by Gasteiger charge is -2.41. The summed E-state index contributed by atoms with van der Waals surface area (Å²) in [7, 11) is -0.662. The van der Waals surface area contributed by atoms with Crippen molar-refractivity contribution in [3.63, 3.8) is 0 Å². The average Bonchev–Trinajstić information content (AvgIpc) is 2.59. The Labute approximate surface area is 229 Å². The van der Waals surface area contributed by atoms with E-state index in [0.29, 0.717) is 24.2 Å². The molecule has 2 amide bonds. The Morgan fingerprint density at radius 1 is 0.583 bits per heavy atom. The van der Waals surface area contributed by atoms with Crippen LogP contribution in [0.4, 0.5) is 11.4 Å². The molecule has 0 saturated heterocycles. The van der Waals surface area contributed by atoms with Crippen LogP contribution < -0.4 is 10.6 Å². The van der Waals surface area contributed by atoms with Crippen molar-refractivity contribution in [3.8, 4) is 0 Å². The summed E-state index contributed by atoms with van der Waals surface area (Å²) in [5.74, 6) is 0.0124. The number of rotatable bonds is 8. The van der Waals surface area contributed by atoms with Gasteiger partial charge in [0, 0.05) is 29.7 Å². The molecule has 0 heterocycles. The van der Waals surface area contributed by atoms with Gasteiger partial charge in [-0.2, -0.15) is 0 Å². The number of carbonyl (C=O) groups is 2. The molecule has 0 spiro atoms. The van der Waals surface area contributed by atoms with Gasteiger partial charge in [-0.3, -0.25) is 9.59 Å². The van der Waals surface area contributed by atoms with Gasteiger partial charge in [0.15, 0.2) is 0 Å². The van der Waals surface area contributed by atoms with Crippen molar-refractivity contribution in [1.82, 2.24) is 0 Å². The van der Waals surface area contributed by atoms with E-state index in [1.54, 1.807) is 0 Å². The lowest BCUT2D eigenvalue weighted by atomic mass is 10.2. The van der Waals surface area contributed by atoms with Crippen LogP contribution >= 0.6 is 15.8 Å². The molecule has 0 atom stereocenters. The Balaban J connectivity index is 0. The van der Waals surface area contributed by atoms with Gasteiger partial charge in [-0.15, -0.1) is 0 Å². The minimum absolute atomic E-state index is 0. The lowest BCUT2D eigenvalue weighted by molar-refractivity contribution is -0.116. The van der Waals surface area contributed by atoms with E-state index in [2.05, 4.69) is 93.7 Å². The fraction of sp³-hybridized carbons (Fsp3) is 0.714. The number of amides is 2. The van der Waals surface area contributed by atoms with Crippen LogP contribution in [0.2, 0.25) is 0 Å². The molecular weight excluding hydrogens is 480 g/mol. The smallest absolute Gasteiger partial charge is 0.224 e. The first-order valence-corrected chi connectivity index (χ1v) is 15.5. The summed E-state index contributed by atoms with van der Waals surface area (Å²) in [5, 5.41) is 6.87. The van der Waals surface area contributed by atoms with Crippen LogP contribution in [0.3, 0.4) is 0 Å². The highest BCUT2D eigenvalue weighted by Gasteiger charge is 2.35. The van der Waals surface area contributed by atoms with E-state index in [1.165, 1.54) is 0 Å². The van der Waals surface area contributed by atoms with Crippen molar-refractivity contribution in [2.24, 2.45) is 0 Å². The molecule has 0 bridgehead atoms. The van der Waals surface area contributed by atoms with Crippen LogP contribution in [0.1, 0.15) is 95.9 Å². The summed E-state index contributed by atoms with van der Waals surface area (Å²) in [5.41, 5.74) is 1.34. The van der Waals surface area contributed by atoms with Crippen molar-refractivity contribution in [3.05, 3.63) is 24.3 Å². The van der Waals surface area contributed by atoms with Crippen molar-refractivity contribution < 1.29 is 9.59 Å². The third-order valence-corrected chi connectivity index (χ3v) is 13.7. The third kappa shape index (κ3) is 12.6. The highest BCUT2D eigenvalue weighted by Crippen LogP contribution is 2.60. The second kappa shape index (κ2) is 14.3. The van der Waals surface area contributed by atoms with Gasteiger partial charge in [-0.05, 0) is 45.1 Å². The average molecular weight is 530 g/mol. The largest absolute Gasteiger partial charge is 0.324 e. The maximum Gasteiger partial charge on any atom is 0.224 e. The topological polar surface area (TPSA) is 58.2 Å². The zero-order valence-electron chi connectivity index (χ0n) is 25.0. The fourth-order valence-corrected chi connectivity index (χ4v) is 12.5. The SMILES string of the molecule is CC(C)(C)P(CCC(=O)Nc1ccccc1NC(=O)CCP(C(C)(C)C)C(C)(C)C)C(C)(C)C.[B].[B]. The zero-order chi connectivity index (χ0) is 26.5. The molecule has 0 saturated carbocycles. The summed E-state index contributed by atoms with van der Waals surface area (Å²) >= 11 is 0. The fourth-order valence-electron chi connectivity index (χ4n) is 4.91. The summed E-state index contributed by atoms with van der Waals surface area (Å²) < 4.78 is 0. The van der Waals surface area contributed by atoms with Crippen molar-refractivity contribution in [2.45, 2.75) is 117 Å². The molecule has 1 aromatic carbocycles. The van der Waals surface area contributed by atoms with Gasteiger partial charge in [-0.1, -0.05) is 111 Å². The quantitative estimate of drug-likeness (QED) is 0.267. The number of carbonyl (C=O) groups excluding carboxylic acids is 2. The molecule has 1 aromatic rings. The predicted octanol–water partition coefficient (Wildman–Crippen LogP) is 7.74. The minimum Gasteiger partial charge on any atom is -0.324 e. The van der Waals surface area contributed by atoms with E-state index < -0.39 is 0 Å². The first-order chi connectivity index (χ1) is 15.2. The van der Waals surface area contributed by atoms with Gasteiger partial charge in [0.1, 0.15) is 0 Å². The molecule has 0 aromatic heterocycles. The van der Waals surface area contributed by atoms with E-state index in [4.69, 9.17) is 0 Å². The van der Waals surface area contributed by atoms with Crippen LogP contribution in [0, 0.1) is 0 Å². The first kappa shape index (κ1) is 37.3. The van der Waals surface area contributed by atoms with Gasteiger partial charge in [0.2, 0.25) is 11.8 Å². The molecule has 4 nitrogen and oxygen atoms in total. The highest BCUT2D eigenvalue weighted by molar-refractivity contribution is 7.61. The van der Waals surface area contributed by atoms with E-state index in [9.17, 15) is 9.59 Å². The zero-order valence-corrected chi connectivity index (χ0v) is 26.8. The van der Waals surface area contributed by atoms with Crippen LogP contribution in [0.15, 0.2) is 24.3 Å². The van der Waals surface area contributed by atoms with Crippen molar-refractivity contribution in [2.75, 3.05) is 23.0 Å². The number of benzene rings is 1. The van der Waals surface area contributed by atoms with Crippen molar-refractivity contribution in [1.29, 1.82) is 0 Å². The molecule has 6 radical (unpaired) electrons. The van der Waals surface area contributed by atoms with Gasteiger partial charge in [0.05, 0.1) is 11.4 Å². The Kier molecular flexibility index (Phi) is 14.9. The normalized spacial score (nSPS) is 12.6. The Morgan fingerprint density at radius 3 is 1.06 bits per heavy atom. The Hall–Kier alpha value is -0.850. The number of hydrogen-bond donors (Lipinski definition) is 2.